The van der Waals surface area contributed by atoms with Crippen molar-refractivity contribution in [3.05, 3.63) is 59.5 Å². The van der Waals surface area contributed by atoms with E-state index in [1.165, 1.54) is 6.07 Å². The van der Waals surface area contributed by atoms with Gasteiger partial charge >= 0.3 is 0 Å². The van der Waals surface area contributed by atoms with Crippen LogP contribution >= 0.6 is 0 Å². The molecule has 0 atom stereocenters. The predicted octanol–water partition coefficient (Wildman–Crippen LogP) is 3.28. The van der Waals surface area contributed by atoms with Gasteiger partial charge in [0.1, 0.15) is 11.9 Å². The van der Waals surface area contributed by atoms with E-state index in [1.807, 2.05) is 36.1 Å². The van der Waals surface area contributed by atoms with Crippen molar-refractivity contribution in [3.8, 4) is 6.07 Å². The molecular weight excluding hydrogens is 329 g/mol. The first-order valence-electron chi connectivity index (χ1n) is 8.59. The van der Waals surface area contributed by atoms with Crippen LogP contribution in [0.2, 0.25) is 0 Å². The van der Waals surface area contributed by atoms with Gasteiger partial charge in [0.2, 0.25) is 0 Å². The van der Waals surface area contributed by atoms with E-state index in [4.69, 9.17) is 0 Å². The molecule has 1 aliphatic rings. The van der Waals surface area contributed by atoms with Gasteiger partial charge < -0.3 is 9.80 Å². The second-order valence-corrected chi connectivity index (χ2v) is 6.46. The van der Waals surface area contributed by atoms with Gasteiger partial charge in [-0.25, -0.2) is 4.39 Å². The van der Waals surface area contributed by atoms with Crippen molar-refractivity contribution in [2.45, 2.75) is 6.92 Å². The Balaban J connectivity index is 1.67. The van der Waals surface area contributed by atoms with E-state index in [-0.39, 0.29) is 5.82 Å². The zero-order valence-corrected chi connectivity index (χ0v) is 14.5. The van der Waals surface area contributed by atoms with Crippen LogP contribution < -0.4 is 9.80 Å². The summed E-state index contributed by atoms with van der Waals surface area (Å²) >= 11 is 0. The summed E-state index contributed by atoms with van der Waals surface area (Å²) in [4.78, 5) is 4.20. The lowest BCUT2D eigenvalue weighted by molar-refractivity contribution is 0.598. The van der Waals surface area contributed by atoms with Gasteiger partial charge in [0.15, 0.2) is 5.69 Å². The van der Waals surface area contributed by atoms with Gasteiger partial charge in [-0.05, 0) is 31.2 Å². The van der Waals surface area contributed by atoms with Crippen molar-refractivity contribution in [3.63, 3.8) is 0 Å². The maximum Gasteiger partial charge on any atom is 0.187 e. The van der Waals surface area contributed by atoms with Crippen LogP contribution in [-0.4, -0.2) is 36.4 Å². The number of nitriles is 1. The van der Waals surface area contributed by atoms with Crippen LogP contribution in [-0.2, 0) is 0 Å². The number of nitrogens with zero attached hydrogens (tertiary/aromatic N) is 5. The minimum Gasteiger partial charge on any atom is -0.366 e. The summed E-state index contributed by atoms with van der Waals surface area (Å²) < 4.78 is 14.0. The molecule has 0 N–H and O–H groups in total. The van der Waals surface area contributed by atoms with E-state index in [9.17, 15) is 9.65 Å². The zero-order valence-electron chi connectivity index (χ0n) is 14.5. The second kappa shape index (κ2) is 6.60. The molecule has 0 saturated carbocycles. The number of hydrogen-bond acceptors (Lipinski definition) is 5. The summed E-state index contributed by atoms with van der Waals surface area (Å²) in [5.41, 5.74) is 3.68. The Kier molecular flexibility index (Phi) is 4.13. The SMILES string of the molecule is Cc1ccc2nnc(C#N)c(N3CCN(c4ccccc4F)CC3)c2c1. The Bertz CT molecular complexity index is 1000. The smallest absolute Gasteiger partial charge is 0.187 e. The van der Waals surface area contributed by atoms with E-state index in [2.05, 4.69) is 21.2 Å². The van der Waals surface area contributed by atoms with Crippen molar-refractivity contribution < 1.29 is 4.39 Å². The third kappa shape index (κ3) is 2.82. The lowest BCUT2D eigenvalue weighted by atomic mass is 10.1. The standard InChI is InChI=1S/C20H18FN5/c1-14-6-7-17-15(12-14)20(18(13-22)24-23-17)26-10-8-25(9-11-26)19-5-3-2-4-16(19)21/h2-7,12H,8-11H2,1H3. The number of aromatic nitrogens is 2. The second-order valence-electron chi connectivity index (χ2n) is 6.46. The quantitative estimate of drug-likeness (QED) is 0.712. The number of para-hydroxylation sites is 1. The van der Waals surface area contributed by atoms with Gasteiger partial charge in [-0.3, -0.25) is 0 Å². The Morgan fingerprint density at radius 2 is 1.73 bits per heavy atom. The highest BCUT2D eigenvalue weighted by Gasteiger charge is 2.23. The first-order chi connectivity index (χ1) is 12.7. The summed E-state index contributed by atoms with van der Waals surface area (Å²) in [6, 6.07) is 15.0. The zero-order chi connectivity index (χ0) is 18.1. The molecule has 0 aliphatic carbocycles. The molecule has 6 heteroatoms. The molecule has 1 aliphatic heterocycles. The van der Waals surface area contributed by atoms with E-state index in [0.29, 0.717) is 37.6 Å². The number of aryl methyl sites for hydroxylation is 1. The molecule has 3 aromatic rings. The van der Waals surface area contributed by atoms with E-state index >= 15 is 0 Å². The largest absolute Gasteiger partial charge is 0.366 e. The lowest BCUT2D eigenvalue weighted by Crippen LogP contribution is -2.47. The fourth-order valence-electron chi connectivity index (χ4n) is 3.48. The summed E-state index contributed by atoms with van der Waals surface area (Å²) in [5, 5.41) is 18.7. The summed E-state index contributed by atoms with van der Waals surface area (Å²) in [5.74, 6) is -0.203. The van der Waals surface area contributed by atoms with E-state index in [1.54, 1.807) is 12.1 Å². The summed E-state index contributed by atoms with van der Waals surface area (Å²) in [7, 11) is 0. The Morgan fingerprint density at radius 1 is 1.00 bits per heavy atom. The highest BCUT2D eigenvalue weighted by Crippen LogP contribution is 2.30. The van der Waals surface area contributed by atoms with Crippen molar-refractivity contribution in [1.29, 1.82) is 5.26 Å². The maximum absolute atomic E-state index is 14.0. The van der Waals surface area contributed by atoms with E-state index in [0.717, 1.165) is 22.2 Å². The van der Waals surface area contributed by atoms with Crippen molar-refractivity contribution in [1.82, 2.24) is 10.2 Å². The molecule has 0 bridgehead atoms. The van der Waals surface area contributed by atoms with Gasteiger partial charge in [0.25, 0.3) is 0 Å². The van der Waals surface area contributed by atoms with Crippen molar-refractivity contribution in [2.24, 2.45) is 0 Å². The number of anilines is 2. The Labute approximate surface area is 151 Å². The molecule has 0 unspecified atom stereocenters. The molecule has 0 amide bonds. The highest BCUT2D eigenvalue weighted by atomic mass is 19.1. The molecule has 0 spiro atoms. The van der Waals surface area contributed by atoms with Crippen molar-refractivity contribution >= 4 is 22.3 Å². The first kappa shape index (κ1) is 16.3. The highest BCUT2D eigenvalue weighted by molar-refractivity contribution is 5.94. The monoisotopic (exact) mass is 347 g/mol. The van der Waals surface area contributed by atoms with Crippen LogP contribution in [0.5, 0.6) is 0 Å². The van der Waals surface area contributed by atoms with Crippen LogP contribution in [0.25, 0.3) is 10.9 Å². The number of hydrogen-bond donors (Lipinski definition) is 0. The number of benzene rings is 2. The molecular formula is C20H18FN5. The molecule has 0 radical (unpaired) electrons. The Hall–Kier alpha value is -3.20. The van der Waals surface area contributed by atoms with Gasteiger partial charge in [-0.15, -0.1) is 10.2 Å². The molecule has 2 heterocycles. The average molecular weight is 347 g/mol. The molecule has 26 heavy (non-hydrogen) atoms. The van der Waals surface area contributed by atoms with Crippen LogP contribution in [0.15, 0.2) is 42.5 Å². The number of fused-ring (bicyclic) bond motifs is 1. The van der Waals surface area contributed by atoms with Crippen molar-refractivity contribution in [2.75, 3.05) is 36.0 Å². The van der Waals surface area contributed by atoms with E-state index < -0.39 is 0 Å². The average Bonchev–Trinajstić information content (AvgIpc) is 2.67. The lowest BCUT2D eigenvalue weighted by Gasteiger charge is -2.37. The van der Waals surface area contributed by atoms with Gasteiger partial charge in [-0.1, -0.05) is 23.8 Å². The van der Waals surface area contributed by atoms with Gasteiger partial charge in [0.05, 0.1) is 16.9 Å². The fourth-order valence-corrected chi connectivity index (χ4v) is 3.48. The number of piperazine rings is 1. The van der Waals surface area contributed by atoms with Crippen LogP contribution in [0.1, 0.15) is 11.3 Å². The fraction of sp³-hybridized carbons (Fsp3) is 0.250. The first-order valence-corrected chi connectivity index (χ1v) is 8.59. The third-order valence-corrected chi connectivity index (χ3v) is 4.78. The summed E-state index contributed by atoms with van der Waals surface area (Å²) in [6.07, 6.45) is 0. The number of rotatable bonds is 2. The molecule has 1 saturated heterocycles. The minimum atomic E-state index is -0.203. The van der Waals surface area contributed by atoms with Gasteiger partial charge in [-0.2, -0.15) is 5.26 Å². The summed E-state index contributed by atoms with van der Waals surface area (Å²) in [6.45, 7) is 4.77. The molecule has 5 nitrogen and oxygen atoms in total. The van der Waals surface area contributed by atoms with Crippen LogP contribution in [0.3, 0.4) is 0 Å². The third-order valence-electron chi connectivity index (χ3n) is 4.78. The number of halogens is 1. The molecule has 4 rings (SSSR count). The van der Waals surface area contributed by atoms with Crippen LogP contribution in [0.4, 0.5) is 15.8 Å². The van der Waals surface area contributed by atoms with Crippen LogP contribution in [0, 0.1) is 24.1 Å². The normalized spacial score (nSPS) is 14.5. The molecule has 1 aromatic heterocycles. The molecule has 1 fully saturated rings. The van der Waals surface area contributed by atoms with Gasteiger partial charge in [0, 0.05) is 31.6 Å². The predicted molar refractivity (Wildman–Crippen MR) is 99.8 cm³/mol. The Morgan fingerprint density at radius 3 is 2.46 bits per heavy atom. The molecule has 130 valence electrons. The maximum atomic E-state index is 14.0. The molecule has 2 aromatic carbocycles. The minimum absolute atomic E-state index is 0.203. The topological polar surface area (TPSA) is 56.1 Å².